The molecule has 0 aliphatic heterocycles. The molecular formula is C11H18BrN3. The van der Waals surface area contributed by atoms with Crippen LogP contribution in [0.2, 0.25) is 0 Å². The maximum absolute atomic E-state index is 4.45. The summed E-state index contributed by atoms with van der Waals surface area (Å²) in [6.45, 7) is 0.991. The standard InChI is InChI=1S/C11H18BrN3/c1-13-7-6-9-10(12)11(15-14-9)8-4-2-3-5-8/h8,13H,2-7H2,1H3,(H,14,15). The number of hydrogen-bond donors (Lipinski definition) is 2. The molecule has 2 N–H and O–H groups in total. The van der Waals surface area contributed by atoms with Crippen molar-refractivity contribution >= 4 is 15.9 Å². The molecule has 3 nitrogen and oxygen atoms in total. The van der Waals surface area contributed by atoms with Crippen LogP contribution in [0.5, 0.6) is 0 Å². The van der Waals surface area contributed by atoms with Crippen LogP contribution >= 0.6 is 15.9 Å². The molecule has 0 bridgehead atoms. The highest BCUT2D eigenvalue weighted by Crippen LogP contribution is 2.37. The number of hydrogen-bond acceptors (Lipinski definition) is 2. The first-order valence-electron chi connectivity index (χ1n) is 5.70. The van der Waals surface area contributed by atoms with Crippen molar-refractivity contribution < 1.29 is 0 Å². The van der Waals surface area contributed by atoms with Crippen LogP contribution in [0, 0.1) is 0 Å². The molecule has 1 heterocycles. The Kier molecular flexibility index (Phi) is 3.81. The Hall–Kier alpha value is -0.350. The fourth-order valence-corrected chi connectivity index (χ4v) is 2.97. The van der Waals surface area contributed by atoms with Gasteiger partial charge in [-0.05, 0) is 35.8 Å². The summed E-state index contributed by atoms with van der Waals surface area (Å²) in [5.74, 6) is 0.680. The summed E-state index contributed by atoms with van der Waals surface area (Å²) in [4.78, 5) is 0. The summed E-state index contributed by atoms with van der Waals surface area (Å²) >= 11 is 3.67. The topological polar surface area (TPSA) is 40.7 Å². The van der Waals surface area contributed by atoms with Gasteiger partial charge >= 0.3 is 0 Å². The maximum Gasteiger partial charge on any atom is 0.0797 e. The van der Waals surface area contributed by atoms with Crippen molar-refractivity contribution in [2.24, 2.45) is 0 Å². The number of aromatic nitrogens is 2. The Balaban J connectivity index is 2.08. The lowest BCUT2D eigenvalue weighted by Crippen LogP contribution is -2.10. The maximum atomic E-state index is 4.45. The molecule has 84 valence electrons. The van der Waals surface area contributed by atoms with Crippen molar-refractivity contribution in [2.45, 2.75) is 38.0 Å². The van der Waals surface area contributed by atoms with Gasteiger partial charge in [-0.3, -0.25) is 5.10 Å². The first kappa shape index (κ1) is 11.1. The summed E-state index contributed by atoms with van der Waals surface area (Å²) in [5, 5.41) is 10.8. The van der Waals surface area contributed by atoms with Gasteiger partial charge in [-0.15, -0.1) is 0 Å². The van der Waals surface area contributed by atoms with Gasteiger partial charge in [0, 0.05) is 18.9 Å². The smallest absolute Gasteiger partial charge is 0.0797 e. The van der Waals surface area contributed by atoms with Gasteiger partial charge in [0.25, 0.3) is 0 Å². The van der Waals surface area contributed by atoms with Gasteiger partial charge < -0.3 is 5.32 Å². The first-order valence-corrected chi connectivity index (χ1v) is 6.49. The number of nitrogens with zero attached hydrogens (tertiary/aromatic N) is 1. The predicted octanol–water partition coefficient (Wildman–Crippen LogP) is 2.59. The van der Waals surface area contributed by atoms with E-state index >= 15 is 0 Å². The highest BCUT2D eigenvalue weighted by Gasteiger charge is 2.23. The minimum atomic E-state index is 0.680. The molecule has 1 saturated carbocycles. The van der Waals surface area contributed by atoms with Gasteiger partial charge in [-0.1, -0.05) is 12.8 Å². The lowest BCUT2D eigenvalue weighted by molar-refractivity contribution is 0.690. The number of halogens is 1. The van der Waals surface area contributed by atoms with Gasteiger partial charge in [0.15, 0.2) is 0 Å². The SMILES string of the molecule is CNCCc1[nH]nc(C2CCCC2)c1Br. The molecule has 0 saturated heterocycles. The Morgan fingerprint density at radius 1 is 1.47 bits per heavy atom. The fraction of sp³-hybridized carbons (Fsp3) is 0.727. The highest BCUT2D eigenvalue weighted by molar-refractivity contribution is 9.10. The van der Waals surface area contributed by atoms with Gasteiger partial charge in [0.2, 0.25) is 0 Å². The number of likely N-dealkylation sites (N-methyl/N-ethyl adjacent to an activating group) is 1. The molecular weight excluding hydrogens is 254 g/mol. The van der Waals surface area contributed by atoms with E-state index in [0.29, 0.717) is 5.92 Å². The Bertz CT molecular complexity index is 316. The summed E-state index contributed by atoms with van der Waals surface area (Å²) in [5.41, 5.74) is 2.48. The second kappa shape index (κ2) is 5.12. The molecule has 0 radical (unpaired) electrons. The largest absolute Gasteiger partial charge is 0.319 e. The van der Waals surface area contributed by atoms with Gasteiger partial charge in [-0.2, -0.15) is 5.10 Å². The number of nitrogens with one attached hydrogen (secondary N) is 2. The molecule has 1 aromatic heterocycles. The second-order valence-electron chi connectivity index (χ2n) is 4.24. The third-order valence-electron chi connectivity index (χ3n) is 3.17. The molecule has 0 unspecified atom stereocenters. The second-order valence-corrected chi connectivity index (χ2v) is 5.03. The molecule has 1 aliphatic carbocycles. The molecule has 1 aromatic rings. The van der Waals surface area contributed by atoms with Crippen LogP contribution < -0.4 is 5.32 Å². The number of aromatic amines is 1. The molecule has 1 aliphatic rings. The van der Waals surface area contributed by atoms with Crippen molar-refractivity contribution in [3.8, 4) is 0 Å². The lowest BCUT2D eigenvalue weighted by Gasteiger charge is -2.05. The summed E-state index contributed by atoms with van der Waals surface area (Å²) in [6, 6.07) is 0. The van der Waals surface area contributed by atoms with E-state index in [-0.39, 0.29) is 0 Å². The molecule has 1 fully saturated rings. The minimum absolute atomic E-state index is 0.680. The summed E-state index contributed by atoms with van der Waals surface area (Å²) < 4.78 is 1.21. The molecule has 0 spiro atoms. The zero-order chi connectivity index (χ0) is 10.7. The molecule has 0 atom stereocenters. The van der Waals surface area contributed by atoms with Crippen LogP contribution in [-0.2, 0) is 6.42 Å². The minimum Gasteiger partial charge on any atom is -0.319 e. The van der Waals surface area contributed by atoms with Crippen LogP contribution in [-0.4, -0.2) is 23.8 Å². The normalized spacial score (nSPS) is 17.5. The molecule has 15 heavy (non-hydrogen) atoms. The summed E-state index contributed by atoms with van der Waals surface area (Å²) in [6.07, 6.45) is 6.33. The highest BCUT2D eigenvalue weighted by atomic mass is 79.9. The van der Waals surface area contributed by atoms with Crippen LogP contribution in [0.1, 0.15) is 43.0 Å². The molecule has 0 amide bonds. The quantitative estimate of drug-likeness (QED) is 0.884. The van der Waals surface area contributed by atoms with Crippen LogP contribution in [0.3, 0.4) is 0 Å². The van der Waals surface area contributed by atoms with Crippen LogP contribution in [0.25, 0.3) is 0 Å². The summed E-state index contributed by atoms with van der Waals surface area (Å²) in [7, 11) is 1.97. The monoisotopic (exact) mass is 271 g/mol. The molecule has 2 rings (SSSR count). The lowest BCUT2D eigenvalue weighted by atomic mass is 10.0. The fourth-order valence-electron chi connectivity index (χ4n) is 2.27. The van der Waals surface area contributed by atoms with Gasteiger partial charge in [0.05, 0.1) is 15.9 Å². The van der Waals surface area contributed by atoms with Gasteiger partial charge in [0.1, 0.15) is 0 Å². The van der Waals surface area contributed by atoms with Crippen molar-refractivity contribution in [2.75, 3.05) is 13.6 Å². The van der Waals surface area contributed by atoms with E-state index in [2.05, 4.69) is 31.4 Å². The number of rotatable bonds is 4. The van der Waals surface area contributed by atoms with Crippen molar-refractivity contribution in [3.05, 3.63) is 15.9 Å². The molecule has 4 heteroatoms. The Morgan fingerprint density at radius 2 is 2.20 bits per heavy atom. The van der Waals surface area contributed by atoms with E-state index in [1.54, 1.807) is 0 Å². The van der Waals surface area contributed by atoms with E-state index in [1.807, 2.05) is 7.05 Å². The van der Waals surface area contributed by atoms with Crippen LogP contribution in [0.15, 0.2) is 4.47 Å². The van der Waals surface area contributed by atoms with E-state index in [4.69, 9.17) is 0 Å². The third kappa shape index (κ3) is 2.42. The van der Waals surface area contributed by atoms with E-state index in [1.165, 1.54) is 41.5 Å². The van der Waals surface area contributed by atoms with E-state index in [0.717, 1.165) is 13.0 Å². The number of H-pyrrole nitrogens is 1. The van der Waals surface area contributed by atoms with Gasteiger partial charge in [-0.25, -0.2) is 0 Å². The first-order chi connectivity index (χ1) is 7.33. The predicted molar refractivity (Wildman–Crippen MR) is 65.1 cm³/mol. The third-order valence-corrected chi connectivity index (χ3v) is 4.05. The van der Waals surface area contributed by atoms with Crippen LogP contribution in [0.4, 0.5) is 0 Å². The van der Waals surface area contributed by atoms with E-state index in [9.17, 15) is 0 Å². The van der Waals surface area contributed by atoms with Crippen molar-refractivity contribution in [1.82, 2.24) is 15.5 Å². The Labute approximate surface area is 99.2 Å². The van der Waals surface area contributed by atoms with Crippen molar-refractivity contribution in [1.29, 1.82) is 0 Å². The zero-order valence-corrected chi connectivity index (χ0v) is 10.7. The molecule has 0 aromatic carbocycles. The Morgan fingerprint density at radius 3 is 2.87 bits per heavy atom. The average molecular weight is 272 g/mol. The van der Waals surface area contributed by atoms with Crippen molar-refractivity contribution in [3.63, 3.8) is 0 Å². The van der Waals surface area contributed by atoms with E-state index < -0.39 is 0 Å². The average Bonchev–Trinajstić information content (AvgIpc) is 2.84. The zero-order valence-electron chi connectivity index (χ0n) is 9.15.